The first-order chi connectivity index (χ1) is 7.96. The number of hydrogen-bond acceptors (Lipinski definition) is 4. The van der Waals surface area contributed by atoms with Gasteiger partial charge in [0.1, 0.15) is 5.54 Å². The van der Waals surface area contributed by atoms with E-state index in [4.69, 9.17) is 10.5 Å². The van der Waals surface area contributed by atoms with Crippen molar-refractivity contribution in [1.82, 2.24) is 4.90 Å². The van der Waals surface area contributed by atoms with Gasteiger partial charge in [-0.1, -0.05) is 6.92 Å². The number of methoxy groups -OCH3 is 1. The molecule has 2 aliphatic rings. The quantitative estimate of drug-likeness (QED) is 0.735. The molecule has 0 spiro atoms. The highest BCUT2D eigenvalue weighted by atomic mass is 16.5. The predicted molar refractivity (Wildman–Crippen MR) is 66.5 cm³/mol. The van der Waals surface area contributed by atoms with E-state index in [2.05, 4.69) is 18.7 Å². The van der Waals surface area contributed by atoms with E-state index in [0.717, 1.165) is 31.7 Å². The number of nitrogens with zero attached hydrogens (tertiary/aromatic N) is 1. The molecule has 2 rings (SSSR count). The van der Waals surface area contributed by atoms with Gasteiger partial charge in [-0.3, -0.25) is 9.69 Å². The lowest BCUT2D eigenvalue weighted by atomic mass is 9.99. The lowest BCUT2D eigenvalue weighted by molar-refractivity contribution is -0.147. The van der Waals surface area contributed by atoms with Crippen LogP contribution >= 0.6 is 0 Å². The van der Waals surface area contributed by atoms with Gasteiger partial charge < -0.3 is 10.5 Å². The first-order valence-corrected chi connectivity index (χ1v) is 6.59. The van der Waals surface area contributed by atoms with E-state index in [1.54, 1.807) is 0 Å². The molecule has 0 amide bonds. The number of carbonyl (C=O) groups is 1. The maximum atomic E-state index is 11.7. The Morgan fingerprint density at radius 2 is 2.18 bits per heavy atom. The molecule has 1 aliphatic heterocycles. The van der Waals surface area contributed by atoms with E-state index < -0.39 is 5.54 Å². The van der Waals surface area contributed by atoms with Crippen LogP contribution in [0.15, 0.2) is 0 Å². The Kier molecular flexibility index (Phi) is 3.46. The molecule has 1 heterocycles. The molecule has 17 heavy (non-hydrogen) atoms. The van der Waals surface area contributed by atoms with Crippen LogP contribution in [-0.2, 0) is 9.53 Å². The summed E-state index contributed by atoms with van der Waals surface area (Å²) in [5, 5.41) is 0. The summed E-state index contributed by atoms with van der Waals surface area (Å²) < 4.78 is 4.81. The van der Waals surface area contributed by atoms with Crippen molar-refractivity contribution in [2.24, 2.45) is 11.7 Å². The largest absolute Gasteiger partial charge is 0.468 e. The van der Waals surface area contributed by atoms with Crippen molar-refractivity contribution in [2.45, 2.75) is 57.2 Å². The van der Waals surface area contributed by atoms with Crippen molar-refractivity contribution < 1.29 is 9.53 Å². The van der Waals surface area contributed by atoms with Crippen LogP contribution in [0.2, 0.25) is 0 Å². The molecule has 1 aliphatic carbocycles. The molecule has 4 unspecified atom stereocenters. The van der Waals surface area contributed by atoms with Gasteiger partial charge in [-0.15, -0.1) is 0 Å². The number of carbonyl (C=O) groups excluding carboxylic acids is 1. The molecule has 0 bridgehead atoms. The summed E-state index contributed by atoms with van der Waals surface area (Å²) in [6.07, 6.45) is 3.77. The fourth-order valence-electron chi connectivity index (χ4n) is 3.56. The molecule has 98 valence electrons. The van der Waals surface area contributed by atoms with Crippen molar-refractivity contribution in [2.75, 3.05) is 13.7 Å². The van der Waals surface area contributed by atoms with Crippen LogP contribution < -0.4 is 5.73 Å². The summed E-state index contributed by atoms with van der Waals surface area (Å²) in [5.41, 5.74) is 5.40. The number of nitrogens with two attached hydrogens (primary N) is 1. The molecule has 0 radical (unpaired) electrons. The third kappa shape index (κ3) is 2.33. The molecule has 0 aromatic carbocycles. The van der Waals surface area contributed by atoms with Crippen LogP contribution in [0.4, 0.5) is 0 Å². The molecule has 1 saturated heterocycles. The summed E-state index contributed by atoms with van der Waals surface area (Å²) in [4.78, 5) is 14.2. The second-order valence-corrected chi connectivity index (χ2v) is 5.93. The number of ether oxygens (including phenoxy) is 1. The van der Waals surface area contributed by atoms with Gasteiger partial charge in [-0.25, -0.2) is 0 Å². The van der Waals surface area contributed by atoms with Crippen molar-refractivity contribution >= 4 is 5.97 Å². The van der Waals surface area contributed by atoms with Gasteiger partial charge in [0.05, 0.1) is 7.11 Å². The normalized spacial score (nSPS) is 42.9. The van der Waals surface area contributed by atoms with Gasteiger partial charge in [0.15, 0.2) is 0 Å². The van der Waals surface area contributed by atoms with E-state index >= 15 is 0 Å². The SMILES string of the molecule is COC(=O)C1(N)CCC(N2CC(C)CC2C)C1. The third-order valence-corrected chi connectivity index (χ3v) is 4.42. The minimum Gasteiger partial charge on any atom is -0.468 e. The fraction of sp³-hybridized carbons (Fsp3) is 0.923. The summed E-state index contributed by atoms with van der Waals surface area (Å²) in [7, 11) is 1.42. The maximum Gasteiger partial charge on any atom is 0.325 e. The lowest BCUT2D eigenvalue weighted by Crippen LogP contribution is -2.48. The van der Waals surface area contributed by atoms with Crippen LogP contribution in [0.3, 0.4) is 0 Å². The molecule has 2 fully saturated rings. The van der Waals surface area contributed by atoms with Gasteiger partial charge in [-0.05, 0) is 38.5 Å². The Bertz CT molecular complexity index is 308. The summed E-state index contributed by atoms with van der Waals surface area (Å²) in [6.45, 7) is 5.71. The maximum absolute atomic E-state index is 11.7. The Morgan fingerprint density at radius 3 is 2.71 bits per heavy atom. The van der Waals surface area contributed by atoms with Crippen molar-refractivity contribution in [3.8, 4) is 0 Å². The minimum absolute atomic E-state index is 0.250. The second kappa shape index (κ2) is 4.58. The monoisotopic (exact) mass is 240 g/mol. The van der Waals surface area contributed by atoms with Crippen LogP contribution in [0.1, 0.15) is 39.5 Å². The Labute approximate surface area is 103 Å². The van der Waals surface area contributed by atoms with E-state index in [0.29, 0.717) is 12.1 Å². The molecule has 0 aromatic rings. The smallest absolute Gasteiger partial charge is 0.325 e. The molecular weight excluding hydrogens is 216 g/mol. The number of esters is 1. The molecule has 0 aromatic heterocycles. The second-order valence-electron chi connectivity index (χ2n) is 5.93. The topological polar surface area (TPSA) is 55.6 Å². The molecular formula is C13H24N2O2. The Balaban J connectivity index is 2.00. The van der Waals surface area contributed by atoms with Gasteiger partial charge in [-0.2, -0.15) is 0 Å². The van der Waals surface area contributed by atoms with E-state index in [9.17, 15) is 4.79 Å². The molecule has 4 heteroatoms. The van der Waals surface area contributed by atoms with Crippen LogP contribution in [0.5, 0.6) is 0 Å². The number of hydrogen-bond donors (Lipinski definition) is 1. The predicted octanol–water partition coefficient (Wildman–Crippen LogP) is 1.14. The number of rotatable bonds is 2. The molecule has 1 saturated carbocycles. The lowest BCUT2D eigenvalue weighted by Gasteiger charge is -2.29. The van der Waals surface area contributed by atoms with Crippen LogP contribution in [-0.4, -0.2) is 42.1 Å². The first kappa shape index (κ1) is 12.8. The minimum atomic E-state index is -0.745. The van der Waals surface area contributed by atoms with Crippen molar-refractivity contribution in [3.05, 3.63) is 0 Å². The van der Waals surface area contributed by atoms with Gasteiger partial charge in [0, 0.05) is 18.6 Å². The van der Waals surface area contributed by atoms with Gasteiger partial charge in [0.2, 0.25) is 0 Å². The Morgan fingerprint density at radius 1 is 1.47 bits per heavy atom. The summed E-state index contributed by atoms with van der Waals surface area (Å²) >= 11 is 0. The van der Waals surface area contributed by atoms with E-state index in [1.807, 2.05) is 0 Å². The average molecular weight is 240 g/mol. The average Bonchev–Trinajstić information content (AvgIpc) is 2.82. The van der Waals surface area contributed by atoms with Gasteiger partial charge in [0.25, 0.3) is 0 Å². The van der Waals surface area contributed by atoms with E-state index in [1.165, 1.54) is 13.5 Å². The zero-order valence-electron chi connectivity index (χ0n) is 11.1. The van der Waals surface area contributed by atoms with E-state index in [-0.39, 0.29) is 5.97 Å². The first-order valence-electron chi connectivity index (χ1n) is 6.59. The highest BCUT2D eigenvalue weighted by Crippen LogP contribution is 2.36. The van der Waals surface area contributed by atoms with Gasteiger partial charge >= 0.3 is 5.97 Å². The highest BCUT2D eigenvalue weighted by Gasteiger charge is 2.46. The van der Waals surface area contributed by atoms with Crippen LogP contribution in [0, 0.1) is 5.92 Å². The fourth-order valence-corrected chi connectivity index (χ4v) is 3.56. The van der Waals surface area contributed by atoms with Crippen molar-refractivity contribution in [1.29, 1.82) is 0 Å². The highest BCUT2D eigenvalue weighted by molar-refractivity contribution is 5.81. The molecule has 4 nitrogen and oxygen atoms in total. The molecule has 2 N–H and O–H groups in total. The van der Waals surface area contributed by atoms with Crippen molar-refractivity contribution in [3.63, 3.8) is 0 Å². The number of likely N-dealkylation sites (tertiary alicyclic amines) is 1. The summed E-state index contributed by atoms with van der Waals surface area (Å²) in [5.74, 6) is 0.510. The van der Waals surface area contributed by atoms with Crippen LogP contribution in [0.25, 0.3) is 0 Å². The zero-order valence-corrected chi connectivity index (χ0v) is 11.1. The Hall–Kier alpha value is -0.610. The third-order valence-electron chi connectivity index (χ3n) is 4.42. The zero-order chi connectivity index (χ0) is 12.6. The molecule has 4 atom stereocenters. The summed E-state index contributed by atoms with van der Waals surface area (Å²) in [6, 6.07) is 1.08. The standard InChI is InChI=1S/C13H24N2O2/c1-9-6-10(2)15(8-9)11-4-5-13(14,7-11)12(16)17-3/h9-11H,4-8,14H2,1-3H3.